The molecule has 1 aromatic heterocycles. The molecule has 1 aliphatic carbocycles. The van der Waals surface area contributed by atoms with Crippen LogP contribution in [0.2, 0.25) is 5.02 Å². The van der Waals surface area contributed by atoms with Crippen LogP contribution < -0.4 is 0 Å². The van der Waals surface area contributed by atoms with Crippen molar-refractivity contribution in [1.82, 2.24) is 4.98 Å². The molecule has 0 bridgehead atoms. The molecule has 1 heterocycles. The van der Waals surface area contributed by atoms with E-state index in [1.165, 1.54) is 14.8 Å². The second-order valence-electron chi connectivity index (χ2n) is 3.98. The summed E-state index contributed by atoms with van der Waals surface area (Å²) in [5.74, 6) is 0. The van der Waals surface area contributed by atoms with Gasteiger partial charge in [0.05, 0.1) is 5.69 Å². The lowest BCUT2D eigenvalue weighted by atomic mass is 10.1. The fourth-order valence-electron chi connectivity index (χ4n) is 1.96. The Hall–Kier alpha value is -0.870. The molecule has 3 heteroatoms. The molecule has 0 amide bonds. The Bertz CT molecular complexity index is 602. The standard InChI is InChI=1S/C14H9ClIN/c15-11-3-1-9(2-4-11)10-7-12-13(16)5-6-14(12)17-8-10/h1-5,7-8H,6H2. The maximum atomic E-state index is 5.89. The highest BCUT2D eigenvalue weighted by molar-refractivity contribution is 14.1. The van der Waals surface area contributed by atoms with Crippen LogP contribution in [-0.4, -0.2) is 4.98 Å². The summed E-state index contributed by atoms with van der Waals surface area (Å²) in [6.07, 6.45) is 5.10. The summed E-state index contributed by atoms with van der Waals surface area (Å²) in [6, 6.07) is 10.1. The summed E-state index contributed by atoms with van der Waals surface area (Å²) in [5.41, 5.74) is 4.73. The number of pyridine rings is 1. The van der Waals surface area contributed by atoms with Gasteiger partial charge in [0.1, 0.15) is 0 Å². The molecule has 0 N–H and O–H groups in total. The van der Waals surface area contributed by atoms with E-state index >= 15 is 0 Å². The third-order valence-corrected chi connectivity index (χ3v) is 4.15. The van der Waals surface area contributed by atoms with Gasteiger partial charge in [-0.1, -0.05) is 29.8 Å². The minimum Gasteiger partial charge on any atom is -0.260 e. The third-order valence-electron chi connectivity index (χ3n) is 2.88. The minimum absolute atomic E-state index is 0.761. The van der Waals surface area contributed by atoms with Gasteiger partial charge in [-0.2, -0.15) is 0 Å². The third kappa shape index (κ3) is 2.11. The van der Waals surface area contributed by atoms with Gasteiger partial charge in [-0.05, 0) is 46.4 Å². The lowest BCUT2D eigenvalue weighted by Gasteiger charge is -2.05. The molecule has 1 aromatic carbocycles. The second-order valence-corrected chi connectivity index (χ2v) is 5.58. The van der Waals surface area contributed by atoms with Gasteiger partial charge in [-0.3, -0.25) is 4.98 Å². The molecule has 0 fully saturated rings. The average molecular weight is 354 g/mol. The van der Waals surface area contributed by atoms with E-state index in [4.69, 9.17) is 11.6 Å². The van der Waals surface area contributed by atoms with Crippen molar-refractivity contribution in [2.45, 2.75) is 6.42 Å². The van der Waals surface area contributed by atoms with E-state index in [0.29, 0.717) is 0 Å². The first-order valence-electron chi connectivity index (χ1n) is 5.35. The molecule has 17 heavy (non-hydrogen) atoms. The van der Waals surface area contributed by atoms with Crippen molar-refractivity contribution in [2.75, 3.05) is 0 Å². The van der Waals surface area contributed by atoms with Crippen LogP contribution in [0.1, 0.15) is 11.3 Å². The number of halogens is 2. The highest BCUT2D eigenvalue weighted by atomic mass is 127. The SMILES string of the molecule is Clc1ccc(-c2cnc3c(c2)C(I)=CC3)cc1. The first-order valence-corrected chi connectivity index (χ1v) is 6.80. The van der Waals surface area contributed by atoms with Crippen molar-refractivity contribution < 1.29 is 0 Å². The topological polar surface area (TPSA) is 12.9 Å². The Morgan fingerprint density at radius 3 is 2.65 bits per heavy atom. The van der Waals surface area contributed by atoms with E-state index in [0.717, 1.165) is 22.6 Å². The lowest BCUT2D eigenvalue weighted by Crippen LogP contribution is -1.89. The normalized spacial score (nSPS) is 13.4. The highest BCUT2D eigenvalue weighted by Gasteiger charge is 2.13. The number of nitrogens with zero attached hydrogens (tertiary/aromatic N) is 1. The van der Waals surface area contributed by atoms with E-state index in [2.05, 4.69) is 39.7 Å². The second kappa shape index (κ2) is 4.42. The van der Waals surface area contributed by atoms with Gasteiger partial charge in [-0.25, -0.2) is 0 Å². The molecule has 1 nitrogen and oxygen atoms in total. The molecule has 0 unspecified atom stereocenters. The van der Waals surface area contributed by atoms with Gasteiger partial charge in [0.2, 0.25) is 0 Å². The molecule has 1 aliphatic rings. The van der Waals surface area contributed by atoms with Crippen LogP contribution in [0.15, 0.2) is 42.6 Å². The molecule has 3 rings (SSSR count). The van der Waals surface area contributed by atoms with Crippen molar-refractivity contribution in [3.8, 4) is 11.1 Å². The van der Waals surface area contributed by atoms with Crippen molar-refractivity contribution in [2.24, 2.45) is 0 Å². The summed E-state index contributed by atoms with van der Waals surface area (Å²) in [6.45, 7) is 0. The number of hydrogen-bond donors (Lipinski definition) is 0. The Morgan fingerprint density at radius 2 is 1.88 bits per heavy atom. The lowest BCUT2D eigenvalue weighted by molar-refractivity contribution is 1.13. The number of allylic oxidation sites excluding steroid dienone is 1. The number of benzene rings is 1. The van der Waals surface area contributed by atoms with Crippen molar-refractivity contribution >= 4 is 37.8 Å². The monoisotopic (exact) mass is 353 g/mol. The zero-order chi connectivity index (χ0) is 11.8. The summed E-state index contributed by atoms with van der Waals surface area (Å²) in [7, 11) is 0. The van der Waals surface area contributed by atoms with E-state index in [-0.39, 0.29) is 0 Å². The molecular formula is C14H9ClIN. The maximum Gasteiger partial charge on any atom is 0.0524 e. The summed E-state index contributed by atoms with van der Waals surface area (Å²) < 4.78 is 1.29. The molecule has 0 saturated carbocycles. The summed E-state index contributed by atoms with van der Waals surface area (Å²) >= 11 is 8.25. The van der Waals surface area contributed by atoms with Crippen LogP contribution in [0.3, 0.4) is 0 Å². The Kier molecular flexibility index (Phi) is 2.92. The van der Waals surface area contributed by atoms with Crippen LogP contribution in [0, 0.1) is 0 Å². The van der Waals surface area contributed by atoms with Crippen LogP contribution in [0.5, 0.6) is 0 Å². The molecule has 0 radical (unpaired) electrons. The van der Waals surface area contributed by atoms with Crippen molar-refractivity contribution in [3.63, 3.8) is 0 Å². The van der Waals surface area contributed by atoms with Crippen molar-refractivity contribution in [3.05, 3.63) is 58.9 Å². The molecule has 0 atom stereocenters. The van der Waals surface area contributed by atoms with Gasteiger partial charge in [0, 0.05) is 32.3 Å². The Morgan fingerprint density at radius 1 is 1.12 bits per heavy atom. The zero-order valence-corrected chi connectivity index (χ0v) is 11.9. The molecule has 0 aliphatic heterocycles. The molecule has 0 saturated heterocycles. The zero-order valence-electron chi connectivity index (χ0n) is 8.95. The number of aromatic nitrogens is 1. The van der Waals surface area contributed by atoms with Crippen LogP contribution in [0.4, 0.5) is 0 Å². The quantitative estimate of drug-likeness (QED) is 0.675. The number of fused-ring (bicyclic) bond motifs is 1. The van der Waals surface area contributed by atoms with Gasteiger partial charge < -0.3 is 0 Å². The highest BCUT2D eigenvalue weighted by Crippen LogP contribution is 2.33. The summed E-state index contributed by atoms with van der Waals surface area (Å²) in [4.78, 5) is 4.52. The van der Waals surface area contributed by atoms with E-state index in [1.54, 1.807) is 0 Å². The van der Waals surface area contributed by atoms with Gasteiger partial charge in [0.15, 0.2) is 0 Å². The van der Waals surface area contributed by atoms with Crippen LogP contribution in [0.25, 0.3) is 14.7 Å². The fourth-order valence-corrected chi connectivity index (χ4v) is 2.77. The van der Waals surface area contributed by atoms with Gasteiger partial charge in [0.25, 0.3) is 0 Å². The Labute approximate surface area is 119 Å². The summed E-state index contributed by atoms with van der Waals surface area (Å²) in [5, 5.41) is 0.761. The predicted molar refractivity (Wildman–Crippen MR) is 80.4 cm³/mol. The average Bonchev–Trinajstić information content (AvgIpc) is 2.72. The van der Waals surface area contributed by atoms with Crippen molar-refractivity contribution in [1.29, 1.82) is 0 Å². The van der Waals surface area contributed by atoms with Crippen LogP contribution >= 0.6 is 34.2 Å². The van der Waals surface area contributed by atoms with E-state index in [9.17, 15) is 0 Å². The molecular weight excluding hydrogens is 345 g/mol. The first-order chi connectivity index (χ1) is 8.24. The number of hydrogen-bond acceptors (Lipinski definition) is 1. The van der Waals surface area contributed by atoms with E-state index < -0.39 is 0 Å². The minimum atomic E-state index is 0.761. The fraction of sp³-hybridized carbons (Fsp3) is 0.0714. The molecule has 0 spiro atoms. The van der Waals surface area contributed by atoms with Gasteiger partial charge in [-0.15, -0.1) is 0 Å². The van der Waals surface area contributed by atoms with E-state index in [1.807, 2.05) is 30.5 Å². The first kappa shape index (κ1) is 11.2. The van der Waals surface area contributed by atoms with Gasteiger partial charge >= 0.3 is 0 Å². The molecule has 2 aromatic rings. The largest absolute Gasteiger partial charge is 0.260 e. The Balaban J connectivity index is 2.08. The maximum absolute atomic E-state index is 5.89. The smallest absolute Gasteiger partial charge is 0.0524 e. The predicted octanol–water partition coefficient (Wildman–Crippen LogP) is 4.73. The van der Waals surface area contributed by atoms with Crippen LogP contribution in [-0.2, 0) is 6.42 Å². The molecule has 84 valence electrons. The number of rotatable bonds is 1.